The molecule has 0 heterocycles. The Kier molecular flexibility index (Phi) is 3.55. The molecular formula is C15H22O2. The Balaban J connectivity index is 1.80. The molecule has 0 aliphatic heterocycles. The van der Waals surface area contributed by atoms with Gasteiger partial charge in [0.2, 0.25) is 0 Å². The molecule has 2 rings (SSSR count). The standard InChI is InChI=1S/C15H22O2/c1-15(2,3)17-10-13(16)9-12-8-11-6-4-5-7-14(11)12/h4-7,12-13,16H,8-10H2,1-3H3. The number of hydrogen-bond donors (Lipinski definition) is 1. The number of ether oxygens (including phenoxy) is 1. The van der Waals surface area contributed by atoms with Crippen molar-refractivity contribution in [1.29, 1.82) is 0 Å². The molecule has 17 heavy (non-hydrogen) atoms. The van der Waals surface area contributed by atoms with E-state index < -0.39 is 0 Å². The van der Waals surface area contributed by atoms with Gasteiger partial charge in [0.1, 0.15) is 0 Å². The van der Waals surface area contributed by atoms with Gasteiger partial charge in [-0.1, -0.05) is 24.3 Å². The van der Waals surface area contributed by atoms with Crippen molar-refractivity contribution in [2.45, 2.75) is 51.2 Å². The first-order valence-corrected chi connectivity index (χ1v) is 6.35. The number of rotatable bonds is 4. The van der Waals surface area contributed by atoms with Crippen LogP contribution in [-0.4, -0.2) is 23.4 Å². The van der Waals surface area contributed by atoms with Gasteiger partial charge in [-0.25, -0.2) is 0 Å². The summed E-state index contributed by atoms with van der Waals surface area (Å²) in [4.78, 5) is 0. The van der Waals surface area contributed by atoms with Gasteiger partial charge in [0.25, 0.3) is 0 Å². The Morgan fingerprint density at radius 3 is 2.71 bits per heavy atom. The van der Waals surface area contributed by atoms with E-state index in [-0.39, 0.29) is 11.7 Å². The average Bonchev–Trinajstić information content (AvgIpc) is 2.22. The van der Waals surface area contributed by atoms with Crippen molar-refractivity contribution in [2.24, 2.45) is 0 Å². The van der Waals surface area contributed by atoms with Crippen LogP contribution < -0.4 is 0 Å². The Labute approximate surface area is 104 Å². The molecule has 0 spiro atoms. The number of aliphatic hydroxyl groups is 1. The monoisotopic (exact) mass is 234 g/mol. The van der Waals surface area contributed by atoms with Crippen molar-refractivity contribution in [1.82, 2.24) is 0 Å². The van der Waals surface area contributed by atoms with Crippen LogP contribution in [0.15, 0.2) is 24.3 Å². The van der Waals surface area contributed by atoms with E-state index in [1.165, 1.54) is 11.1 Å². The Morgan fingerprint density at radius 1 is 1.35 bits per heavy atom. The molecule has 1 N–H and O–H groups in total. The van der Waals surface area contributed by atoms with Gasteiger partial charge in [-0.3, -0.25) is 0 Å². The van der Waals surface area contributed by atoms with E-state index in [4.69, 9.17) is 4.74 Å². The van der Waals surface area contributed by atoms with E-state index >= 15 is 0 Å². The van der Waals surface area contributed by atoms with Crippen LogP contribution in [0.3, 0.4) is 0 Å². The second-order valence-electron chi connectivity index (χ2n) is 5.91. The highest BCUT2D eigenvalue weighted by atomic mass is 16.5. The van der Waals surface area contributed by atoms with E-state index in [2.05, 4.69) is 24.3 Å². The van der Waals surface area contributed by atoms with E-state index in [0.717, 1.165) is 12.8 Å². The summed E-state index contributed by atoms with van der Waals surface area (Å²) in [5.74, 6) is 0.518. The minimum atomic E-state index is -0.354. The Bertz CT molecular complexity index is 379. The smallest absolute Gasteiger partial charge is 0.0779 e. The maximum Gasteiger partial charge on any atom is 0.0779 e. The van der Waals surface area contributed by atoms with E-state index in [0.29, 0.717) is 12.5 Å². The van der Waals surface area contributed by atoms with Gasteiger partial charge in [0.15, 0.2) is 0 Å². The summed E-state index contributed by atoms with van der Waals surface area (Å²) in [6, 6.07) is 8.49. The number of hydrogen-bond acceptors (Lipinski definition) is 2. The first-order chi connectivity index (χ1) is 7.96. The fourth-order valence-electron chi connectivity index (χ4n) is 2.32. The van der Waals surface area contributed by atoms with E-state index in [9.17, 15) is 5.11 Å². The first kappa shape index (κ1) is 12.6. The van der Waals surface area contributed by atoms with Crippen molar-refractivity contribution in [2.75, 3.05) is 6.61 Å². The first-order valence-electron chi connectivity index (χ1n) is 6.35. The van der Waals surface area contributed by atoms with Crippen LogP contribution in [0.25, 0.3) is 0 Å². The summed E-state index contributed by atoms with van der Waals surface area (Å²) in [7, 11) is 0. The molecule has 0 saturated carbocycles. The zero-order valence-electron chi connectivity index (χ0n) is 10.9. The van der Waals surface area contributed by atoms with Gasteiger partial charge in [0.05, 0.1) is 18.3 Å². The molecule has 2 nitrogen and oxygen atoms in total. The summed E-state index contributed by atoms with van der Waals surface area (Å²) < 4.78 is 5.60. The second kappa shape index (κ2) is 4.79. The average molecular weight is 234 g/mol. The van der Waals surface area contributed by atoms with Gasteiger partial charge in [-0.2, -0.15) is 0 Å². The lowest BCUT2D eigenvalue weighted by Gasteiger charge is -2.32. The van der Waals surface area contributed by atoms with Gasteiger partial charge < -0.3 is 9.84 Å². The van der Waals surface area contributed by atoms with Crippen LogP contribution in [0.4, 0.5) is 0 Å². The SMILES string of the molecule is CC(C)(C)OCC(O)CC1Cc2ccccc21. The normalized spacial score (nSPS) is 20.6. The topological polar surface area (TPSA) is 29.5 Å². The highest BCUT2D eigenvalue weighted by Crippen LogP contribution is 2.38. The molecule has 94 valence electrons. The molecular weight excluding hydrogens is 212 g/mol. The molecule has 2 heteroatoms. The van der Waals surface area contributed by atoms with Crippen molar-refractivity contribution in [3.05, 3.63) is 35.4 Å². The van der Waals surface area contributed by atoms with Crippen LogP contribution in [0.1, 0.15) is 44.2 Å². The lowest BCUT2D eigenvalue weighted by molar-refractivity contribution is -0.0524. The number of benzene rings is 1. The third kappa shape index (κ3) is 3.30. The van der Waals surface area contributed by atoms with Crippen LogP contribution in [-0.2, 0) is 11.2 Å². The number of fused-ring (bicyclic) bond motifs is 1. The van der Waals surface area contributed by atoms with Crippen LogP contribution >= 0.6 is 0 Å². The molecule has 1 aliphatic rings. The fourth-order valence-corrected chi connectivity index (χ4v) is 2.32. The predicted octanol–water partition coefficient (Wildman–Crippen LogP) is 2.89. The molecule has 0 aromatic heterocycles. The molecule has 0 saturated heterocycles. The molecule has 1 aromatic carbocycles. The second-order valence-corrected chi connectivity index (χ2v) is 5.91. The summed E-state index contributed by atoms with van der Waals surface area (Å²) >= 11 is 0. The Morgan fingerprint density at radius 2 is 2.06 bits per heavy atom. The molecule has 2 unspecified atom stereocenters. The third-order valence-corrected chi connectivity index (χ3v) is 3.23. The lowest BCUT2D eigenvalue weighted by atomic mass is 9.75. The number of aliphatic hydroxyl groups excluding tert-OH is 1. The molecule has 0 fully saturated rings. The maximum atomic E-state index is 9.95. The van der Waals surface area contributed by atoms with Gasteiger partial charge in [-0.15, -0.1) is 0 Å². The minimum Gasteiger partial charge on any atom is -0.391 e. The zero-order chi connectivity index (χ0) is 12.5. The third-order valence-electron chi connectivity index (χ3n) is 3.23. The van der Waals surface area contributed by atoms with Gasteiger partial charge >= 0.3 is 0 Å². The molecule has 0 amide bonds. The van der Waals surface area contributed by atoms with Gasteiger partial charge in [-0.05, 0) is 50.7 Å². The largest absolute Gasteiger partial charge is 0.391 e. The van der Waals surface area contributed by atoms with Crippen molar-refractivity contribution >= 4 is 0 Å². The zero-order valence-corrected chi connectivity index (χ0v) is 10.9. The van der Waals surface area contributed by atoms with E-state index in [1.54, 1.807) is 0 Å². The van der Waals surface area contributed by atoms with Crippen molar-refractivity contribution < 1.29 is 9.84 Å². The summed E-state index contributed by atoms with van der Waals surface area (Å²) in [5.41, 5.74) is 2.67. The minimum absolute atomic E-state index is 0.168. The predicted molar refractivity (Wildman–Crippen MR) is 69.2 cm³/mol. The molecule has 0 radical (unpaired) electrons. The van der Waals surface area contributed by atoms with Crippen molar-refractivity contribution in [3.63, 3.8) is 0 Å². The summed E-state index contributed by atoms with van der Waals surface area (Å²) in [6.45, 7) is 6.47. The Hall–Kier alpha value is -0.860. The fraction of sp³-hybridized carbons (Fsp3) is 0.600. The van der Waals surface area contributed by atoms with Crippen LogP contribution in [0.5, 0.6) is 0 Å². The highest BCUT2D eigenvalue weighted by molar-refractivity contribution is 5.39. The molecule has 0 bridgehead atoms. The van der Waals surface area contributed by atoms with Gasteiger partial charge in [0, 0.05) is 0 Å². The van der Waals surface area contributed by atoms with Crippen LogP contribution in [0.2, 0.25) is 0 Å². The quantitative estimate of drug-likeness (QED) is 0.868. The van der Waals surface area contributed by atoms with E-state index in [1.807, 2.05) is 20.8 Å². The maximum absolute atomic E-state index is 9.95. The molecule has 1 aliphatic carbocycles. The van der Waals surface area contributed by atoms with Crippen molar-refractivity contribution in [3.8, 4) is 0 Å². The lowest BCUT2D eigenvalue weighted by Crippen LogP contribution is -2.29. The summed E-state index contributed by atoms with van der Waals surface area (Å²) in [5, 5.41) is 9.95. The highest BCUT2D eigenvalue weighted by Gasteiger charge is 2.27. The molecule has 2 atom stereocenters. The summed E-state index contributed by atoms with van der Waals surface area (Å²) in [6.07, 6.45) is 1.56. The molecule has 1 aromatic rings. The van der Waals surface area contributed by atoms with Crippen LogP contribution in [0, 0.1) is 0 Å².